The van der Waals surface area contributed by atoms with Gasteiger partial charge < -0.3 is 16.4 Å². The van der Waals surface area contributed by atoms with Crippen molar-refractivity contribution in [3.8, 4) is 0 Å². The van der Waals surface area contributed by atoms with Crippen LogP contribution in [-0.2, 0) is 24.0 Å². The Morgan fingerprint density at radius 2 is 0.800 bits per heavy atom. The second-order valence-corrected chi connectivity index (χ2v) is 0. The fraction of sp³-hybridized carbons (Fsp3) is 0. The maximum absolute atomic E-state index is 0. The first-order valence-electron chi connectivity index (χ1n) is 0. The molecule has 0 aliphatic rings. The van der Waals surface area contributed by atoms with Crippen LogP contribution in [-0.4, -0.2) is 11.0 Å². The molecule has 0 aliphatic carbocycles. The Morgan fingerprint density at radius 1 is 0.800 bits per heavy atom. The van der Waals surface area contributed by atoms with Crippen LogP contribution in [0.15, 0.2) is 0 Å². The molecule has 0 aromatic heterocycles. The quantitative estimate of drug-likeness (QED) is 0.327. The molecule has 5 heavy (non-hydrogen) atoms. The Bertz CT molecular complexity index is 6.85. The smallest absolute Gasteiger partial charge is 1.00 e. The van der Waals surface area contributed by atoms with Crippen LogP contribution in [0.25, 0.3) is 0 Å². The SMILES string of the molecule is [K+].[O-2].[OH-].[OH-].[V]. The Kier molecular flexibility index (Phi) is 431. The van der Waals surface area contributed by atoms with Crippen LogP contribution >= 0.6 is 0 Å². The largest absolute Gasteiger partial charge is 2.00 e. The molecule has 0 fully saturated rings. The van der Waals surface area contributed by atoms with Gasteiger partial charge in [-0.2, -0.15) is 0 Å². The molecule has 0 saturated carbocycles. The molecule has 0 bridgehead atoms. The van der Waals surface area contributed by atoms with Gasteiger partial charge in [-0.25, -0.2) is 0 Å². The summed E-state index contributed by atoms with van der Waals surface area (Å²) in [7, 11) is 0. The molecule has 0 aromatic rings. The zero-order valence-corrected chi connectivity index (χ0v) is 7.27. The van der Waals surface area contributed by atoms with Crippen molar-refractivity contribution in [2.75, 3.05) is 0 Å². The van der Waals surface area contributed by atoms with E-state index in [2.05, 4.69) is 0 Å². The topological polar surface area (TPSA) is 88.5 Å². The summed E-state index contributed by atoms with van der Waals surface area (Å²) in [5, 5.41) is 0. The van der Waals surface area contributed by atoms with Crippen molar-refractivity contribution in [3.05, 3.63) is 0 Å². The molecule has 3 nitrogen and oxygen atoms in total. The van der Waals surface area contributed by atoms with Crippen molar-refractivity contribution in [3.63, 3.8) is 0 Å². The van der Waals surface area contributed by atoms with Crippen LogP contribution in [0.5, 0.6) is 0 Å². The van der Waals surface area contributed by atoms with Crippen LogP contribution in [0.4, 0.5) is 0 Å². The predicted octanol–water partition coefficient (Wildman–Crippen LogP) is -3.47. The minimum absolute atomic E-state index is 0. The van der Waals surface area contributed by atoms with E-state index in [9.17, 15) is 0 Å². The summed E-state index contributed by atoms with van der Waals surface area (Å²) in [5.41, 5.74) is 0. The van der Waals surface area contributed by atoms with Gasteiger partial charge in [-0.15, -0.1) is 0 Å². The van der Waals surface area contributed by atoms with E-state index >= 15 is 0 Å². The van der Waals surface area contributed by atoms with Gasteiger partial charge in [-0.1, -0.05) is 0 Å². The van der Waals surface area contributed by atoms with Gasteiger partial charge in [-0.05, 0) is 0 Å². The molecule has 5 heteroatoms. The standard InChI is InChI=1S/K.2H2O.O.V/h;2*1H2;;/q+1;;;-2;/p-2. The third kappa shape index (κ3) is 23.2. The van der Waals surface area contributed by atoms with Crippen molar-refractivity contribution in [1.82, 2.24) is 0 Å². The van der Waals surface area contributed by atoms with E-state index < -0.39 is 0 Å². The van der Waals surface area contributed by atoms with Gasteiger partial charge in [-0.3, -0.25) is 0 Å². The average Bonchev–Trinajstić information content (AvgIpc) is 0. The predicted molar refractivity (Wildman–Crippen MR) is 4.56 cm³/mol. The van der Waals surface area contributed by atoms with E-state index in [1.807, 2.05) is 0 Å². The zero-order chi connectivity index (χ0) is 0. The summed E-state index contributed by atoms with van der Waals surface area (Å²) in [6.07, 6.45) is 0. The Balaban J connectivity index is 0. The van der Waals surface area contributed by atoms with Crippen LogP contribution in [0.1, 0.15) is 0 Å². The molecule has 0 aromatic carbocycles. The molecule has 29 valence electrons. The van der Waals surface area contributed by atoms with E-state index in [4.69, 9.17) is 0 Å². The fourth-order valence-corrected chi connectivity index (χ4v) is 0. The summed E-state index contributed by atoms with van der Waals surface area (Å²) < 4.78 is 0. The van der Waals surface area contributed by atoms with Crippen molar-refractivity contribution >= 4 is 0 Å². The van der Waals surface area contributed by atoms with Crippen molar-refractivity contribution in [2.45, 2.75) is 0 Å². The van der Waals surface area contributed by atoms with Gasteiger partial charge >= 0.3 is 51.4 Å². The first kappa shape index (κ1) is 59.9. The summed E-state index contributed by atoms with van der Waals surface area (Å²) in [4.78, 5) is 0. The first-order valence-corrected chi connectivity index (χ1v) is 0. The van der Waals surface area contributed by atoms with Gasteiger partial charge in [0.2, 0.25) is 0 Å². The van der Waals surface area contributed by atoms with Gasteiger partial charge in [0.25, 0.3) is 0 Å². The Hall–Kier alpha value is 2.10. The summed E-state index contributed by atoms with van der Waals surface area (Å²) in [6, 6.07) is 0. The van der Waals surface area contributed by atoms with E-state index in [-0.39, 0.29) is 86.4 Å². The molecule has 0 aliphatic heterocycles. The van der Waals surface area contributed by atoms with E-state index in [1.54, 1.807) is 0 Å². The number of hydrogen-bond donors (Lipinski definition) is 0. The van der Waals surface area contributed by atoms with Crippen LogP contribution in [0.2, 0.25) is 0 Å². The average molecular weight is 140 g/mol. The van der Waals surface area contributed by atoms with Gasteiger partial charge in [0, 0.05) is 18.6 Å². The summed E-state index contributed by atoms with van der Waals surface area (Å²) in [5.74, 6) is 0. The Morgan fingerprint density at radius 3 is 0.800 bits per heavy atom. The van der Waals surface area contributed by atoms with Crippen molar-refractivity contribution < 1.29 is 86.4 Å². The third-order valence-corrected chi connectivity index (χ3v) is 0. The van der Waals surface area contributed by atoms with Crippen molar-refractivity contribution in [1.29, 1.82) is 0 Å². The summed E-state index contributed by atoms with van der Waals surface area (Å²) in [6.45, 7) is 0. The molecule has 0 amide bonds. The van der Waals surface area contributed by atoms with Crippen LogP contribution in [0.3, 0.4) is 0 Å². The van der Waals surface area contributed by atoms with Crippen LogP contribution < -0.4 is 51.4 Å². The molecule has 2 N–H and O–H groups in total. The van der Waals surface area contributed by atoms with Gasteiger partial charge in [0.05, 0.1) is 0 Å². The maximum Gasteiger partial charge on any atom is 1.00 e. The van der Waals surface area contributed by atoms with E-state index in [1.165, 1.54) is 0 Å². The molecule has 0 unspecified atom stereocenters. The van der Waals surface area contributed by atoms with Crippen LogP contribution in [0, 0.1) is 0 Å². The molecule has 1 radical (unpaired) electrons. The molecule has 0 atom stereocenters. The maximum atomic E-state index is 0. The van der Waals surface area contributed by atoms with E-state index in [0.717, 1.165) is 0 Å². The molecular weight excluding hydrogens is 138 g/mol. The van der Waals surface area contributed by atoms with Gasteiger partial charge in [0.15, 0.2) is 0 Å². The fourth-order valence-electron chi connectivity index (χ4n) is 0. The van der Waals surface area contributed by atoms with E-state index in [0.29, 0.717) is 0 Å². The summed E-state index contributed by atoms with van der Waals surface area (Å²) >= 11 is 0. The normalized spacial score (nSPS) is 0. The molecule has 0 rings (SSSR count). The molecule has 0 heterocycles. The minimum atomic E-state index is 0. The first-order chi connectivity index (χ1) is 0. The second-order valence-electron chi connectivity index (χ2n) is 0. The van der Waals surface area contributed by atoms with Crippen molar-refractivity contribution in [2.24, 2.45) is 0 Å². The molecule has 0 spiro atoms. The number of hydrogen-bond acceptors (Lipinski definition) is 2. The molecule has 0 saturated heterocycles. The second kappa shape index (κ2) is 36.0. The molecular formula is H2KO3V-3. The Labute approximate surface area is 84.7 Å². The zero-order valence-electron chi connectivity index (χ0n) is 2.75. The third-order valence-electron chi connectivity index (χ3n) is 0. The monoisotopic (exact) mass is 140 g/mol. The minimum Gasteiger partial charge on any atom is -2.00 e. The number of rotatable bonds is 0. The van der Waals surface area contributed by atoms with Gasteiger partial charge in [0.1, 0.15) is 0 Å².